The molecule has 1 aliphatic rings. The monoisotopic (exact) mass is 269 g/mol. The molecule has 1 aromatic rings. The lowest BCUT2D eigenvalue weighted by atomic mass is 9.90. The van der Waals surface area contributed by atoms with Gasteiger partial charge in [0.2, 0.25) is 5.89 Å². The van der Waals surface area contributed by atoms with Gasteiger partial charge < -0.3 is 9.84 Å². The molecule has 5 heteroatoms. The SMILES string of the molecule is CNC1CSCC1c1nc(CCC(C)(C)C)no1. The molecule has 0 saturated carbocycles. The topological polar surface area (TPSA) is 51.0 Å². The van der Waals surface area contributed by atoms with Crippen molar-refractivity contribution in [3.63, 3.8) is 0 Å². The van der Waals surface area contributed by atoms with Gasteiger partial charge in [0.1, 0.15) is 0 Å². The molecule has 1 aliphatic heterocycles. The van der Waals surface area contributed by atoms with Crippen LogP contribution in [-0.2, 0) is 6.42 Å². The number of thioether (sulfide) groups is 1. The van der Waals surface area contributed by atoms with E-state index in [9.17, 15) is 0 Å². The smallest absolute Gasteiger partial charge is 0.232 e. The fourth-order valence-corrected chi connectivity index (χ4v) is 3.51. The summed E-state index contributed by atoms with van der Waals surface area (Å²) in [4.78, 5) is 4.56. The van der Waals surface area contributed by atoms with Gasteiger partial charge in [-0.3, -0.25) is 0 Å². The van der Waals surface area contributed by atoms with E-state index in [2.05, 4.69) is 36.2 Å². The maximum Gasteiger partial charge on any atom is 0.232 e. The Morgan fingerprint density at radius 1 is 1.39 bits per heavy atom. The number of nitrogens with zero attached hydrogens (tertiary/aromatic N) is 2. The van der Waals surface area contributed by atoms with Crippen LogP contribution in [0, 0.1) is 5.41 Å². The summed E-state index contributed by atoms with van der Waals surface area (Å²) in [6.45, 7) is 6.70. The van der Waals surface area contributed by atoms with Crippen molar-refractivity contribution >= 4 is 11.8 Å². The summed E-state index contributed by atoms with van der Waals surface area (Å²) < 4.78 is 5.43. The molecule has 0 bridgehead atoms. The Hall–Kier alpha value is -0.550. The molecule has 102 valence electrons. The molecule has 2 atom stereocenters. The molecule has 18 heavy (non-hydrogen) atoms. The van der Waals surface area contributed by atoms with E-state index in [4.69, 9.17) is 4.52 Å². The summed E-state index contributed by atoms with van der Waals surface area (Å²) in [7, 11) is 2.00. The molecule has 0 amide bonds. The third-order valence-corrected chi connectivity index (χ3v) is 4.54. The number of nitrogens with one attached hydrogen (secondary N) is 1. The lowest BCUT2D eigenvalue weighted by Crippen LogP contribution is -2.31. The van der Waals surface area contributed by atoms with Gasteiger partial charge in [0, 0.05) is 24.0 Å². The highest BCUT2D eigenvalue weighted by Gasteiger charge is 2.32. The first-order valence-corrected chi connectivity index (χ1v) is 7.72. The van der Waals surface area contributed by atoms with Crippen LogP contribution >= 0.6 is 11.8 Å². The van der Waals surface area contributed by atoms with Crippen molar-refractivity contribution in [2.75, 3.05) is 18.6 Å². The Kier molecular flexibility index (Phi) is 4.33. The third kappa shape index (κ3) is 3.48. The van der Waals surface area contributed by atoms with Gasteiger partial charge in [0.25, 0.3) is 0 Å². The van der Waals surface area contributed by atoms with Gasteiger partial charge in [-0.1, -0.05) is 25.9 Å². The van der Waals surface area contributed by atoms with Crippen LogP contribution in [0.3, 0.4) is 0 Å². The number of likely N-dealkylation sites (N-methyl/N-ethyl adjacent to an activating group) is 1. The fourth-order valence-electron chi connectivity index (χ4n) is 2.09. The molecule has 2 heterocycles. The van der Waals surface area contributed by atoms with Crippen LogP contribution in [0.15, 0.2) is 4.52 Å². The molecule has 0 aliphatic carbocycles. The first kappa shape index (κ1) is 13.9. The minimum Gasteiger partial charge on any atom is -0.339 e. The molecule has 0 spiro atoms. The molecular formula is C13H23N3OS. The second-order valence-corrected chi connectivity index (χ2v) is 7.22. The summed E-state index contributed by atoms with van der Waals surface area (Å²) in [5.41, 5.74) is 0.317. The lowest BCUT2D eigenvalue weighted by Gasteiger charge is -2.16. The number of aromatic nitrogens is 2. The minimum atomic E-state index is 0.317. The highest BCUT2D eigenvalue weighted by molar-refractivity contribution is 7.99. The summed E-state index contributed by atoms with van der Waals surface area (Å²) in [6.07, 6.45) is 1.98. The van der Waals surface area contributed by atoms with Gasteiger partial charge in [0.05, 0.1) is 5.92 Å². The minimum absolute atomic E-state index is 0.317. The molecule has 2 unspecified atom stereocenters. The zero-order valence-electron chi connectivity index (χ0n) is 11.7. The summed E-state index contributed by atoms with van der Waals surface area (Å²) in [5, 5.41) is 7.44. The van der Waals surface area contributed by atoms with E-state index in [1.165, 1.54) is 0 Å². The van der Waals surface area contributed by atoms with Gasteiger partial charge in [-0.15, -0.1) is 0 Å². The number of hydrogen-bond acceptors (Lipinski definition) is 5. The number of hydrogen-bond donors (Lipinski definition) is 1. The van der Waals surface area contributed by atoms with Crippen molar-refractivity contribution < 1.29 is 4.52 Å². The van der Waals surface area contributed by atoms with Gasteiger partial charge in [-0.25, -0.2) is 0 Å². The quantitative estimate of drug-likeness (QED) is 0.910. The largest absolute Gasteiger partial charge is 0.339 e. The van der Waals surface area contributed by atoms with Crippen LogP contribution in [0.2, 0.25) is 0 Å². The Morgan fingerprint density at radius 3 is 2.83 bits per heavy atom. The van der Waals surface area contributed by atoms with E-state index in [1.807, 2.05) is 18.8 Å². The molecule has 0 radical (unpaired) electrons. The standard InChI is InChI=1S/C13H23N3OS/c1-13(2,3)6-5-11-15-12(17-16-11)9-7-18-8-10(9)14-4/h9-10,14H,5-8H2,1-4H3. The van der Waals surface area contributed by atoms with Crippen LogP contribution in [-0.4, -0.2) is 34.7 Å². The zero-order valence-corrected chi connectivity index (χ0v) is 12.5. The maximum atomic E-state index is 5.43. The van der Waals surface area contributed by atoms with Gasteiger partial charge in [-0.2, -0.15) is 16.7 Å². The molecule has 1 N–H and O–H groups in total. The van der Waals surface area contributed by atoms with E-state index in [-0.39, 0.29) is 0 Å². The molecular weight excluding hydrogens is 246 g/mol. The van der Waals surface area contributed by atoms with Crippen LogP contribution in [0.1, 0.15) is 44.8 Å². The van der Waals surface area contributed by atoms with Crippen LogP contribution in [0.25, 0.3) is 0 Å². The fraction of sp³-hybridized carbons (Fsp3) is 0.846. The van der Waals surface area contributed by atoms with Crippen LogP contribution in [0.4, 0.5) is 0 Å². The molecule has 4 nitrogen and oxygen atoms in total. The summed E-state index contributed by atoms with van der Waals surface area (Å²) in [5.74, 6) is 4.23. The van der Waals surface area contributed by atoms with E-state index in [0.717, 1.165) is 36.1 Å². The Bertz CT molecular complexity index is 386. The van der Waals surface area contributed by atoms with Crippen LogP contribution in [0.5, 0.6) is 0 Å². The Balaban J connectivity index is 1.97. The normalized spacial score (nSPS) is 24.7. The molecule has 1 fully saturated rings. The van der Waals surface area contributed by atoms with Crippen molar-refractivity contribution in [2.45, 2.75) is 45.6 Å². The highest BCUT2D eigenvalue weighted by Crippen LogP contribution is 2.32. The van der Waals surface area contributed by atoms with Crippen molar-refractivity contribution in [2.24, 2.45) is 5.41 Å². The van der Waals surface area contributed by atoms with Crippen molar-refractivity contribution in [1.29, 1.82) is 0 Å². The van der Waals surface area contributed by atoms with E-state index in [1.54, 1.807) is 0 Å². The highest BCUT2D eigenvalue weighted by atomic mass is 32.2. The van der Waals surface area contributed by atoms with E-state index >= 15 is 0 Å². The summed E-state index contributed by atoms with van der Waals surface area (Å²) in [6, 6.07) is 0.464. The van der Waals surface area contributed by atoms with E-state index < -0.39 is 0 Å². The van der Waals surface area contributed by atoms with Crippen LogP contribution < -0.4 is 5.32 Å². The number of aryl methyl sites for hydroxylation is 1. The van der Waals surface area contributed by atoms with Crippen molar-refractivity contribution in [3.8, 4) is 0 Å². The maximum absolute atomic E-state index is 5.43. The van der Waals surface area contributed by atoms with Gasteiger partial charge in [-0.05, 0) is 18.9 Å². The zero-order chi connectivity index (χ0) is 13.2. The average Bonchev–Trinajstić information content (AvgIpc) is 2.93. The van der Waals surface area contributed by atoms with Crippen molar-refractivity contribution in [1.82, 2.24) is 15.5 Å². The predicted molar refractivity (Wildman–Crippen MR) is 75.0 cm³/mol. The van der Waals surface area contributed by atoms with E-state index in [0.29, 0.717) is 17.4 Å². The first-order valence-electron chi connectivity index (χ1n) is 6.57. The van der Waals surface area contributed by atoms with Gasteiger partial charge >= 0.3 is 0 Å². The van der Waals surface area contributed by atoms with Gasteiger partial charge in [0.15, 0.2) is 5.82 Å². The molecule has 1 saturated heterocycles. The second-order valence-electron chi connectivity index (χ2n) is 6.15. The molecule has 2 rings (SSSR count). The first-order chi connectivity index (χ1) is 8.49. The third-order valence-electron chi connectivity index (χ3n) is 3.35. The Labute approximate surface area is 113 Å². The predicted octanol–water partition coefficient (Wildman–Crippen LogP) is 2.47. The second kappa shape index (κ2) is 5.61. The number of rotatable bonds is 4. The lowest BCUT2D eigenvalue weighted by molar-refractivity contribution is 0.335. The molecule has 0 aromatic carbocycles. The summed E-state index contributed by atoms with van der Waals surface area (Å²) >= 11 is 1.95. The average molecular weight is 269 g/mol. The Morgan fingerprint density at radius 2 is 2.17 bits per heavy atom. The molecule has 1 aromatic heterocycles. The van der Waals surface area contributed by atoms with Crippen molar-refractivity contribution in [3.05, 3.63) is 11.7 Å².